The first kappa shape index (κ1) is 23.1. The molecule has 162 valence electrons. The highest BCUT2D eigenvalue weighted by Crippen LogP contribution is 2.45. The average Bonchev–Trinajstić information content (AvgIpc) is 3.14. The maximum atomic E-state index is 11.4. The lowest BCUT2D eigenvalue weighted by molar-refractivity contribution is -0.0323. The number of nitrogens with zero attached hydrogens (tertiary/aromatic N) is 4. The fraction of sp³-hybridized carbons (Fsp3) is 0.600. The third-order valence-corrected chi connectivity index (χ3v) is 6.17. The van der Waals surface area contributed by atoms with Gasteiger partial charge in [0.05, 0.1) is 35.4 Å². The van der Waals surface area contributed by atoms with Crippen molar-refractivity contribution in [2.24, 2.45) is 0 Å². The number of aromatic nitrogens is 3. The zero-order chi connectivity index (χ0) is 21.3. The van der Waals surface area contributed by atoms with E-state index in [9.17, 15) is 14.4 Å². The molecule has 11 nitrogen and oxygen atoms in total. The number of ether oxygens (including phenoxy) is 2. The SMILES string of the molecule is CO[C@@H]1[C@H](OC)[C@@H](COP)N(COP(=O)(O)O)[C@H]1c1cn(P)c2c(C)ncnc12. The van der Waals surface area contributed by atoms with Crippen molar-refractivity contribution in [3.05, 3.63) is 23.8 Å². The van der Waals surface area contributed by atoms with Gasteiger partial charge in [0.2, 0.25) is 0 Å². The summed E-state index contributed by atoms with van der Waals surface area (Å²) in [5, 5.41) is 0. The Hall–Kier alpha value is -0.570. The van der Waals surface area contributed by atoms with Crippen molar-refractivity contribution in [3.8, 4) is 0 Å². The second-order valence-electron chi connectivity index (χ2n) is 6.66. The van der Waals surface area contributed by atoms with E-state index in [0.29, 0.717) is 5.52 Å². The van der Waals surface area contributed by atoms with Crippen LogP contribution >= 0.6 is 26.7 Å². The van der Waals surface area contributed by atoms with Crippen molar-refractivity contribution < 1.29 is 32.9 Å². The predicted octanol–water partition coefficient (Wildman–Crippen LogP) is 1.01. The molecule has 0 saturated carbocycles. The molecule has 2 aromatic heterocycles. The minimum Gasteiger partial charge on any atom is -0.377 e. The van der Waals surface area contributed by atoms with Gasteiger partial charge in [-0.3, -0.25) is 9.42 Å². The first-order chi connectivity index (χ1) is 13.7. The van der Waals surface area contributed by atoms with Crippen LogP contribution in [0.4, 0.5) is 0 Å². The van der Waals surface area contributed by atoms with Crippen molar-refractivity contribution in [1.82, 2.24) is 19.2 Å². The molecule has 0 aliphatic carbocycles. The van der Waals surface area contributed by atoms with Crippen LogP contribution in [0.5, 0.6) is 0 Å². The summed E-state index contributed by atoms with van der Waals surface area (Å²) in [6.07, 6.45) is 2.47. The Morgan fingerprint density at radius 2 is 1.93 bits per heavy atom. The number of hydrogen-bond donors (Lipinski definition) is 2. The Kier molecular flexibility index (Phi) is 7.40. The maximum Gasteiger partial charge on any atom is 0.470 e. The van der Waals surface area contributed by atoms with Gasteiger partial charge in [0.1, 0.15) is 25.3 Å². The number of methoxy groups -OCH3 is 2. The van der Waals surface area contributed by atoms with Gasteiger partial charge in [0.15, 0.2) is 0 Å². The van der Waals surface area contributed by atoms with Gasteiger partial charge in [0.25, 0.3) is 0 Å². The lowest BCUT2D eigenvalue weighted by atomic mass is 10.0. The third kappa shape index (κ3) is 4.55. The highest BCUT2D eigenvalue weighted by atomic mass is 31.2. The molecule has 1 fully saturated rings. The van der Waals surface area contributed by atoms with Crippen molar-refractivity contribution in [3.63, 3.8) is 0 Å². The van der Waals surface area contributed by atoms with E-state index in [-0.39, 0.29) is 19.4 Å². The molecule has 2 unspecified atom stereocenters. The van der Waals surface area contributed by atoms with Crippen LogP contribution in [0.15, 0.2) is 12.5 Å². The van der Waals surface area contributed by atoms with Crippen LogP contribution in [0.2, 0.25) is 0 Å². The zero-order valence-corrected chi connectivity index (χ0v) is 19.4. The summed E-state index contributed by atoms with van der Waals surface area (Å²) in [5.41, 5.74) is 3.14. The van der Waals surface area contributed by atoms with Gasteiger partial charge in [-0.1, -0.05) is 0 Å². The molecule has 3 heterocycles. The second-order valence-corrected chi connectivity index (χ2v) is 8.79. The van der Waals surface area contributed by atoms with Crippen LogP contribution in [-0.2, 0) is 23.1 Å². The van der Waals surface area contributed by atoms with Crippen LogP contribution in [0.3, 0.4) is 0 Å². The van der Waals surface area contributed by atoms with Crippen molar-refractivity contribution in [2.75, 3.05) is 27.6 Å². The smallest absolute Gasteiger partial charge is 0.377 e. The summed E-state index contributed by atoms with van der Waals surface area (Å²) < 4.78 is 34.8. The maximum absolute atomic E-state index is 11.4. The number of likely N-dealkylation sites (tertiary alicyclic amines) is 1. The Bertz CT molecular complexity index is 907. The van der Waals surface area contributed by atoms with Gasteiger partial charge in [0, 0.05) is 35.4 Å². The van der Waals surface area contributed by atoms with Gasteiger partial charge >= 0.3 is 7.82 Å². The van der Waals surface area contributed by atoms with Crippen LogP contribution < -0.4 is 0 Å². The number of phosphoric ester groups is 1. The summed E-state index contributed by atoms with van der Waals surface area (Å²) >= 11 is 0. The van der Waals surface area contributed by atoms with Crippen molar-refractivity contribution >= 4 is 37.7 Å². The summed E-state index contributed by atoms with van der Waals surface area (Å²) in [4.78, 5) is 28.9. The molecule has 1 aliphatic heterocycles. The molecular weight excluding hydrogens is 441 g/mol. The molecule has 0 radical (unpaired) electrons. The monoisotopic (exact) mass is 466 g/mol. The lowest BCUT2D eigenvalue weighted by Gasteiger charge is -2.30. The van der Waals surface area contributed by atoms with Crippen molar-refractivity contribution in [2.45, 2.75) is 31.2 Å². The van der Waals surface area contributed by atoms with E-state index in [0.717, 1.165) is 16.8 Å². The Balaban J connectivity index is 2.13. The minimum atomic E-state index is -4.69. The third-order valence-electron chi connectivity index (χ3n) is 5.12. The van der Waals surface area contributed by atoms with Crippen LogP contribution in [0, 0.1) is 6.92 Å². The number of phosphoric acid groups is 1. The summed E-state index contributed by atoms with van der Waals surface area (Å²) in [7, 11) is 3.21. The average molecular weight is 466 g/mol. The fourth-order valence-electron chi connectivity index (χ4n) is 3.98. The van der Waals surface area contributed by atoms with Crippen LogP contribution in [-0.4, -0.2) is 74.8 Å². The lowest BCUT2D eigenvalue weighted by Crippen LogP contribution is -2.41. The molecule has 0 spiro atoms. The quantitative estimate of drug-likeness (QED) is 0.544. The van der Waals surface area contributed by atoms with Gasteiger partial charge in [-0.15, -0.1) is 0 Å². The van der Waals surface area contributed by atoms with Gasteiger partial charge < -0.3 is 28.1 Å². The van der Waals surface area contributed by atoms with Gasteiger partial charge in [-0.2, -0.15) is 0 Å². The molecular formula is C15H25N4O7P3. The molecule has 3 rings (SSSR count). The molecule has 29 heavy (non-hydrogen) atoms. The van der Waals surface area contributed by atoms with E-state index in [1.807, 2.05) is 17.5 Å². The zero-order valence-electron chi connectivity index (χ0n) is 16.2. The molecule has 0 amide bonds. The highest BCUT2D eigenvalue weighted by molar-refractivity contribution is 7.46. The molecule has 1 aliphatic rings. The number of fused-ring (bicyclic) bond motifs is 1. The molecule has 0 bridgehead atoms. The Morgan fingerprint density at radius 3 is 2.52 bits per heavy atom. The van der Waals surface area contributed by atoms with Crippen LogP contribution in [0.1, 0.15) is 17.3 Å². The Labute approximate surface area is 172 Å². The first-order valence-electron chi connectivity index (χ1n) is 8.64. The van der Waals surface area contributed by atoms with Crippen LogP contribution in [0.25, 0.3) is 11.0 Å². The predicted molar refractivity (Wildman–Crippen MR) is 111 cm³/mol. The summed E-state index contributed by atoms with van der Waals surface area (Å²) in [6, 6.07) is -0.843. The summed E-state index contributed by atoms with van der Waals surface area (Å²) in [5.74, 6) is 0. The summed E-state index contributed by atoms with van der Waals surface area (Å²) in [6.45, 7) is 1.76. The van der Waals surface area contributed by atoms with Crippen molar-refractivity contribution in [1.29, 1.82) is 0 Å². The molecule has 2 aromatic rings. The number of hydrogen-bond acceptors (Lipinski definition) is 8. The molecule has 1 saturated heterocycles. The van der Waals surface area contributed by atoms with E-state index in [1.165, 1.54) is 6.33 Å². The molecule has 14 heteroatoms. The fourth-order valence-corrected chi connectivity index (χ4v) is 4.93. The highest BCUT2D eigenvalue weighted by Gasteiger charge is 2.51. The molecule has 6 atom stereocenters. The number of rotatable bonds is 8. The minimum absolute atomic E-state index is 0.220. The first-order valence-corrected chi connectivity index (χ1v) is 11.2. The standard InChI is InChI=1S/C15H25N4O7P3/c1-8-12-11(17-6-16-8)9(4-19(12)27)13-15(24-3)14(23-2)10(5-25-28)18(13)7-26-29(20,21)22/h4,6,10,13-15H,5,7,27-28H2,1-3H3,(H2,20,21,22)/t10-,13+,14-,15+/m1/s1. The van der Waals surface area contributed by atoms with Gasteiger partial charge in [-0.05, 0) is 16.3 Å². The van der Waals surface area contributed by atoms with E-state index < -0.39 is 26.1 Å². The second kappa shape index (κ2) is 9.28. The van der Waals surface area contributed by atoms with E-state index in [2.05, 4.69) is 28.8 Å². The topological polar surface area (TPSA) is 128 Å². The molecule has 0 aromatic carbocycles. The van der Waals surface area contributed by atoms with Gasteiger partial charge in [-0.25, -0.2) is 14.5 Å². The largest absolute Gasteiger partial charge is 0.470 e. The normalized spacial score (nSPS) is 25.9. The van der Waals surface area contributed by atoms with E-state index in [1.54, 1.807) is 19.1 Å². The molecule has 2 N–H and O–H groups in total. The van der Waals surface area contributed by atoms with E-state index >= 15 is 0 Å². The number of aryl methyl sites for hydroxylation is 1. The van der Waals surface area contributed by atoms with E-state index in [4.69, 9.17) is 18.5 Å². The Morgan fingerprint density at radius 1 is 1.24 bits per heavy atom.